The van der Waals surface area contributed by atoms with E-state index in [1.807, 2.05) is 30.3 Å². The molecule has 0 spiro atoms. The number of H-pyrrole nitrogens is 1. The highest BCUT2D eigenvalue weighted by Crippen LogP contribution is 2.35. The molecule has 4 aromatic rings. The van der Waals surface area contributed by atoms with Gasteiger partial charge in [0.15, 0.2) is 0 Å². The Balaban J connectivity index is 1.60. The van der Waals surface area contributed by atoms with Gasteiger partial charge in [-0.3, -0.25) is 4.79 Å². The van der Waals surface area contributed by atoms with E-state index >= 15 is 0 Å². The fourth-order valence-electron chi connectivity index (χ4n) is 2.72. The number of fused-ring (bicyclic) bond motifs is 1. The van der Waals surface area contributed by atoms with Gasteiger partial charge in [-0.15, -0.1) is 11.3 Å². The van der Waals surface area contributed by atoms with Crippen LogP contribution in [-0.4, -0.2) is 15.9 Å². The average Bonchev–Trinajstić information content (AvgIpc) is 3.28. The summed E-state index contributed by atoms with van der Waals surface area (Å²) in [5.74, 6) is -0.690. The van der Waals surface area contributed by atoms with Crippen molar-refractivity contribution in [2.45, 2.75) is 6.18 Å². The quantitative estimate of drug-likeness (QED) is 0.483. The molecule has 2 heterocycles. The SMILES string of the molecule is O=C(Nc1ccccc1C(F)(F)F)c1csc(-c2cc3ccccc3[nH]2)n1. The minimum Gasteiger partial charge on any atom is -0.353 e. The zero-order valence-corrected chi connectivity index (χ0v) is 14.5. The molecule has 0 atom stereocenters. The monoisotopic (exact) mass is 387 g/mol. The van der Waals surface area contributed by atoms with Gasteiger partial charge >= 0.3 is 6.18 Å². The number of halogens is 3. The van der Waals surface area contributed by atoms with Crippen LogP contribution < -0.4 is 5.32 Å². The maximum absolute atomic E-state index is 13.1. The summed E-state index contributed by atoms with van der Waals surface area (Å²) in [6.07, 6.45) is -4.55. The number of rotatable bonds is 3. The molecule has 2 aromatic carbocycles. The number of aromatic amines is 1. The molecular formula is C19H12F3N3OS. The Morgan fingerprint density at radius 1 is 1.07 bits per heavy atom. The van der Waals surface area contributed by atoms with Crippen molar-refractivity contribution >= 4 is 33.8 Å². The third-order valence-corrected chi connectivity index (χ3v) is 4.85. The molecule has 0 aliphatic rings. The lowest BCUT2D eigenvalue weighted by Gasteiger charge is -2.12. The van der Waals surface area contributed by atoms with Gasteiger partial charge in [-0.05, 0) is 24.3 Å². The third kappa shape index (κ3) is 3.43. The number of hydrogen-bond donors (Lipinski definition) is 2. The molecule has 0 bridgehead atoms. The highest BCUT2D eigenvalue weighted by molar-refractivity contribution is 7.13. The number of anilines is 1. The molecule has 0 unspecified atom stereocenters. The van der Waals surface area contributed by atoms with E-state index in [0.717, 1.165) is 22.7 Å². The number of nitrogens with one attached hydrogen (secondary N) is 2. The fraction of sp³-hybridized carbons (Fsp3) is 0.0526. The van der Waals surface area contributed by atoms with E-state index in [9.17, 15) is 18.0 Å². The van der Waals surface area contributed by atoms with Crippen LogP contribution in [0, 0.1) is 0 Å². The van der Waals surface area contributed by atoms with Gasteiger partial charge in [0.2, 0.25) is 0 Å². The summed E-state index contributed by atoms with van der Waals surface area (Å²) in [7, 11) is 0. The number of aromatic nitrogens is 2. The predicted molar refractivity (Wildman–Crippen MR) is 98.8 cm³/mol. The largest absolute Gasteiger partial charge is 0.418 e. The number of carbonyl (C=O) groups excluding carboxylic acids is 1. The molecule has 1 amide bonds. The number of thiazole rings is 1. The summed E-state index contributed by atoms with van der Waals surface area (Å²) in [6, 6.07) is 14.4. The number of carbonyl (C=O) groups is 1. The molecule has 2 aromatic heterocycles. The van der Waals surface area contributed by atoms with Crippen LogP contribution in [0.4, 0.5) is 18.9 Å². The molecule has 4 rings (SSSR count). The van der Waals surface area contributed by atoms with E-state index in [2.05, 4.69) is 15.3 Å². The van der Waals surface area contributed by atoms with Crippen molar-refractivity contribution in [1.29, 1.82) is 0 Å². The number of para-hydroxylation sites is 2. The molecule has 2 N–H and O–H groups in total. The van der Waals surface area contributed by atoms with E-state index in [1.54, 1.807) is 0 Å². The van der Waals surface area contributed by atoms with Gasteiger partial charge in [-0.1, -0.05) is 30.3 Å². The third-order valence-electron chi connectivity index (χ3n) is 3.98. The van der Waals surface area contributed by atoms with E-state index in [0.29, 0.717) is 5.01 Å². The summed E-state index contributed by atoms with van der Waals surface area (Å²) in [5, 5.41) is 5.41. The standard InChI is InChI=1S/C19H12F3N3OS/c20-19(21,22)12-6-2-4-8-14(12)24-17(26)16-10-27-18(25-16)15-9-11-5-1-3-7-13(11)23-15/h1-10,23H,(H,24,26). The van der Waals surface area contributed by atoms with Crippen molar-refractivity contribution in [2.24, 2.45) is 0 Å². The van der Waals surface area contributed by atoms with Gasteiger partial charge < -0.3 is 10.3 Å². The summed E-state index contributed by atoms with van der Waals surface area (Å²) < 4.78 is 39.2. The van der Waals surface area contributed by atoms with Crippen molar-refractivity contribution in [1.82, 2.24) is 9.97 Å². The number of hydrogen-bond acceptors (Lipinski definition) is 3. The first-order chi connectivity index (χ1) is 12.9. The molecule has 0 fully saturated rings. The summed E-state index contributed by atoms with van der Waals surface area (Å²) >= 11 is 1.24. The second-order valence-electron chi connectivity index (χ2n) is 5.81. The Hall–Kier alpha value is -3.13. The van der Waals surface area contributed by atoms with Crippen molar-refractivity contribution in [3.8, 4) is 10.7 Å². The van der Waals surface area contributed by atoms with Gasteiger partial charge in [0.1, 0.15) is 10.7 Å². The van der Waals surface area contributed by atoms with Crippen molar-refractivity contribution in [3.63, 3.8) is 0 Å². The first-order valence-electron chi connectivity index (χ1n) is 7.93. The Morgan fingerprint density at radius 3 is 2.59 bits per heavy atom. The Bertz CT molecular complexity index is 1100. The zero-order valence-electron chi connectivity index (χ0n) is 13.7. The van der Waals surface area contributed by atoms with Crippen LogP contribution in [0.5, 0.6) is 0 Å². The molecule has 0 saturated heterocycles. The molecule has 4 nitrogen and oxygen atoms in total. The van der Waals surface area contributed by atoms with Gasteiger partial charge in [0, 0.05) is 16.3 Å². The topological polar surface area (TPSA) is 57.8 Å². The minimum absolute atomic E-state index is 0.0608. The van der Waals surface area contributed by atoms with E-state index < -0.39 is 17.6 Å². The molecule has 136 valence electrons. The Morgan fingerprint density at radius 2 is 1.81 bits per heavy atom. The first kappa shape index (κ1) is 17.3. The number of benzene rings is 2. The summed E-state index contributed by atoms with van der Waals surface area (Å²) in [4.78, 5) is 19.8. The van der Waals surface area contributed by atoms with Gasteiger partial charge in [0.05, 0.1) is 16.9 Å². The number of nitrogens with zero attached hydrogens (tertiary/aromatic N) is 1. The molecule has 0 saturated carbocycles. The average molecular weight is 387 g/mol. The van der Waals surface area contributed by atoms with Crippen molar-refractivity contribution in [2.75, 3.05) is 5.32 Å². The smallest absolute Gasteiger partial charge is 0.353 e. The first-order valence-corrected chi connectivity index (χ1v) is 8.81. The van der Waals surface area contributed by atoms with Gasteiger partial charge in [-0.2, -0.15) is 13.2 Å². The van der Waals surface area contributed by atoms with E-state index in [1.165, 1.54) is 34.9 Å². The fourth-order valence-corrected chi connectivity index (χ4v) is 3.49. The Kier molecular flexibility index (Phi) is 4.19. The maximum atomic E-state index is 13.1. The Labute approximate surface area is 155 Å². The van der Waals surface area contributed by atoms with Crippen LogP contribution in [0.3, 0.4) is 0 Å². The lowest BCUT2D eigenvalue weighted by molar-refractivity contribution is -0.136. The predicted octanol–water partition coefficient (Wildman–Crippen LogP) is 5.56. The molecule has 0 aliphatic carbocycles. The molecule has 27 heavy (non-hydrogen) atoms. The molecule has 0 aliphatic heterocycles. The number of alkyl halides is 3. The van der Waals surface area contributed by atoms with Gasteiger partial charge in [0.25, 0.3) is 5.91 Å². The highest BCUT2D eigenvalue weighted by Gasteiger charge is 2.33. The van der Waals surface area contributed by atoms with Crippen LogP contribution in [-0.2, 0) is 6.18 Å². The second-order valence-corrected chi connectivity index (χ2v) is 6.66. The van der Waals surface area contributed by atoms with Crippen LogP contribution in [0.25, 0.3) is 21.6 Å². The van der Waals surface area contributed by atoms with Crippen molar-refractivity contribution < 1.29 is 18.0 Å². The van der Waals surface area contributed by atoms with E-state index in [-0.39, 0.29) is 11.4 Å². The lowest BCUT2D eigenvalue weighted by Crippen LogP contribution is -2.16. The molecular weight excluding hydrogens is 375 g/mol. The van der Waals surface area contributed by atoms with Crippen LogP contribution in [0.15, 0.2) is 60.0 Å². The minimum atomic E-state index is -4.55. The van der Waals surface area contributed by atoms with Crippen molar-refractivity contribution in [3.05, 3.63) is 71.2 Å². The van der Waals surface area contributed by atoms with Crippen LogP contribution >= 0.6 is 11.3 Å². The summed E-state index contributed by atoms with van der Waals surface area (Å²) in [6.45, 7) is 0. The molecule has 8 heteroatoms. The van der Waals surface area contributed by atoms with E-state index in [4.69, 9.17) is 0 Å². The zero-order chi connectivity index (χ0) is 19.0. The van der Waals surface area contributed by atoms with Crippen LogP contribution in [0.1, 0.15) is 16.1 Å². The second kappa shape index (κ2) is 6.55. The normalized spacial score (nSPS) is 11.7. The maximum Gasteiger partial charge on any atom is 0.418 e. The van der Waals surface area contributed by atoms with Crippen LogP contribution in [0.2, 0.25) is 0 Å². The highest BCUT2D eigenvalue weighted by atomic mass is 32.1. The summed E-state index contributed by atoms with van der Waals surface area (Å²) in [5.41, 5.74) is 0.550. The lowest BCUT2D eigenvalue weighted by atomic mass is 10.1. The number of amides is 1. The van der Waals surface area contributed by atoms with Gasteiger partial charge in [-0.25, -0.2) is 4.98 Å². The molecule has 0 radical (unpaired) electrons.